The van der Waals surface area contributed by atoms with Crippen molar-refractivity contribution in [3.8, 4) is 5.88 Å². The molecule has 0 aliphatic heterocycles. The van der Waals surface area contributed by atoms with E-state index in [1.807, 2.05) is 23.6 Å². The number of nitrogens with zero attached hydrogens (tertiary/aromatic N) is 3. The molecular weight excluding hydrogens is 408 g/mol. The number of hydrogen-bond donors (Lipinski definition) is 2. The molecule has 0 spiro atoms. The van der Waals surface area contributed by atoms with E-state index >= 15 is 0 Å². The minimum Gasteiger partial charge on any atom is -0.493 e. The van der Waals surface area contributed by atoms with E-state index in [0.29, 0.717) is 16.6 Å². The molecule has 2 aromatic heterocycles. The third-order valence-corrected chi connectivity index (χ3v) is 4.71. The van der Waals surface area contributed by atoms with E-state index in [9.17, 15) is 9.90 Å². The molecule has 3 rings (SSSR count). The highest BCUT2D eigenvalue weighted by Crippen LogP contribution is 2.36. The van der Waals surface area contributed by atoms with Crippen molar-refractivity contribution < 1.29 is 14.7 Å². The highest BCUT2D eigenvalue weighted by atomic mass is 79.9. The molecule has 128 valence electrons. The van der Waals surface area contributed by atoms with Crippen molar-refractivity contribution in [2.45, 2.75) is 6.92 Å². The van der Waals surface area contributed by atoms with Crippen molar-refractivity contribution >= 4 is 55.5 Å². The second-order valence-corrected chi connectivity index (χ2v) is 6.90. The predicted octanol–water partition coefficient (Wildman–Crippen LogP) is 4.75. The number of fused-ring (bicyclic) bond motifs is 1. The van der Waals surface area contributed by atoms with Gasteiger partial charge >= 0.3 is 5.91 Å². The zero-order valence-corrected chi connectivity index (χ0v) is 15.5. The summed E-state index contributed by atoms with van der Waals surface area (Å²) in [5.41, 5.74) is 1.57. The van der Waals surface area contributed by atoms with Crippen LogP contribution in [0.15, 0.2) is 55.6 Å². The van der Waals surface area contributed by atoms with Crippen LogP contribution in [0.2, 0.25) is 0 Å². The van der Waals surface area contributed by atoms with Crippen molar-refractivity contribution in [1.29, 1.82) is 0 Å². The average molecular weight is 421 g/mol. The number of H-pyrrole nitrogens is 1. The van der Waals surface area contributed by atoms with Gasteiger partial charge < -0.3 is 14.9 Å². The lowest BCUT2D eigenvalue weighted by atomic mass is 10.2. The number of rotatable bonds is 5. The first-order valence-corrected chi connectivity index (χ1v) is 8.87. The lowest BCUT2D eigenvalue weighted by molar-refractivity contribution is -0.122. The maximum absolute atomic E-state index is 11.8. The Hall–Kier alpha value is -2.52. The number of amides is 1. The van der Waals surface area contributed by atoms with Crippen molar-refractivity contribution in [3.63, 3.8) is 0 Å². The van der Waals surface area contributed by atoms with E-state index in [0.717, 1.165) is 9.35 Å². The fourth-order valence-electron chi connectivity index (χ4n) is 2.09. The molecule has 2 heterocycles. The Kier molecular flexibility index (Phi) is 5.25. The van der Waals surface area contributed by atoms with Gasteiger partial charge in [-0.1, -0.05) is 27.2 Å². The van der Waals surface area contributed by atoms with E-state index in [4.69, 9.17) is 4.84 Å². The van der Waals surface area contributed by atoms with E-state index < -0.39 is 5.91 Å². The fraction of sp³-hybridized carbons (Fsp3) is 0.125. The van der Waals surface area contributed by atoms with E-state index in [2.05, 4.69) is 36.3 Å². The number of thiophene rings is 1. The Bertz CT molecular complexity index is 963. The van der Waals surface area contributed by atoms with Crippen LogP contribution in [0.3, 0.4) is 0 Å². The SMILES string of the molecule is C/C(=N\OCC(=O)N=Nc1c(O)[nH]c2ccc(Br)cc12)c1cccs1. The number of azo groups is 1. The lowest BCUT2D eigenvalue weighted by Gasteiger charge is -1.97. The third-order valence-electron chi connectivity index (χ3n) is 3.24. The van der Waals surface area contributed by atoms with Crippen LogP contribution in [-0.2, 0) is 9.63 Å². The smallest absolute Gasteiger partial charge is 0.304 e. The largest absolute Gasteiger partial charge is 0.493 e. The van der Waals surface area contributed by atoms with Crippen molar-refractivity contribution in [2.75, 3.05) is 6.61 Å². The minimum atomic E-state index is -0.605. The molecule has 0 aliphatic rings. The quantitative estimate of drug-likeness (QED) is 0.353. The predicted molar refractivity (Wildman–Crippen MR) is 99.7 cm³/mol. The first kappa shape index (κ1) is 17.3. The van der Waals surface area contributed by atoms with Gasteiger partial charge in [0.15, 0.2) is 12.3 Å². The number of carbonyl (C=O) groups excluding carboxylic acids is 1. The second kappa shape index (κ2) is 7.58. The lowest BCUT2D eigenvalue weighted by Crippen LogP contribution is -2.03. The number of nitrogens with one attached hydrogen (secondary N) is 1. The van der Waals surface area contributed by atoms with Crippen LogP contribution in [0.1, 0.15) is 11.8 Å². The Balaban J connectivity index is 1.66. The molecule has 25 heavy (non-hydrogen) atoms. The van der Waals surface area contributed by atoms with Crippen LogP contribution in [0.4, 0.5) is 5.69 Å². The number of oxime groups is 1. The van der Waals surface area contributed by atoms with Crippen LogP contribution in [0.5, 0.6) is 5.88 Å². The van der Waals surface area contributed by atoms with Gasteiger partial charge in [0.2, 0.25) is 5.88 Å². The van der Waals surface area contributed by atoms with Crippen molar-refractivity contribution in [3.05, 3.63) is 45.1 Å². The summed E-state index contributed by atoms with van der Waals surface area (Å²) in [6, 6.07) is 9.20. The molecule has 0 bridgehead atoms. The van der Waals surface area contributed by atoms with Gasteiger partial charge in [0.05, 0.1) is 16.1 Å². The first-order chi connectivity index (χ1) is 12.0. The Labute approximate surface area is 155 Å². The number of halogens is 1. The molecule has 9 heteroatoms. The second-order valence-electron chi connectivity index (χ2n) is 5.03. The minimum absolute atomic E-state index is 0.155. The third kappa shape index (κ3) is 4.12. The van der Waals surface area contributed by atoms with Crippen LogP contribution in [0, 0.1) is 0 Å². The standard InChI is InChI=1S/C16H13BrN4O3S/c1-9(13-3-2-6-25-13)21-24-8-14(22)19-20-15-11-7-10(17)4-5-12(11)18-16(15)23/h2-7,18,23H,8H2,1H3/b20-19?,21-9+. The molecule has 1 amide bonds. The number of aromatic hydroxyl groups is 1. The van der Waals surface area contributed by atoms with Gasteiger partial charge in [-0.05, 0) is 36.6 Å². The van der Waals surface area contributed by atoms with E-state index in [1.54, 1.807) is 19.1 Å². The Morgan fingerprint density at radius 2 is 2.24 bits per heavy atom. The van der Waals surface area contributed by atoms with Gasteiger partial charge in [-0.25, -0.2) is 0 Å². The Morgan fingerprint density at radius 3 is 3.00 bits per heavy atom. The van der Waals surface area contributed by atoms with Gasteiger partial charge in [0, 0.05) is 9.86 Å². The summed E-state index contributed by atoms with van der Waals surface area (Å²) in [7, 11) is 0. The molecule has 0 radical (unpaired) electrons. The molecule has 0 saturated heterocycles. The summed E-state index contributed by atoms with van der Waals surface area (Å²) in [5, 5.41) is 23.8. The summed E-state index contributed by atoms with van der Waals surface area (Å²) in [5.74, 6) is -0.761. The normalized spacial score (nSPS) is 12.2. The van der Waals surface area contributed by atoms with Crippen LogP contribution in [-0.4, -0.2) is 28.3 Å². The Morgan fingerprint density at radius 1 is 1.40 bits per heavy atom. The number of carbonyl (C=O) groups is 1. The number of aromatic nitrogens is 1. The van der Waals surface area contributed by atoms with Gasteiger partial charge in [0.25, 0.3) is 0 Å². The molecule has 7 nitrogen and oxygen atoms in total. The molecule has 0 atom stereocenters. The summed E-state index contributed by atoms with van der Waals surface area (Å²) in [6.45, 7) is 1.46. The average Bonchev–Trinajstić information content (AvgIpc) is 3.20. The van der Waals surface area contributed by atoms with Crippen LogP contribution < -0.4 is 0 Å². The molecule has 2 N–H and O–H groups in total. The van der Waals surface area contributed by atoms with Gasteiger partial charge in [-0.2, -0.15) is 0 Å². The van der Waals surface area contributed by atoms with Gasteiger partial charge in [0.1, 0.15) is 0 Å². The number of hydrogen-bond acceptors (Lipinski definition) is 6. The van der Waals surface area contributed by atoms with Crippen LogP contribution in [0.25, 0.3) is 10.9 Å². The molecule has 1 aromatic carbocycles. The molecule has 0 aliphatic carbocycles. The van der Waals surface area contributed by atoms with Gasteiger partial charge in [-0.3, -0.25) is 4.79 Å². The topological polar surface area (TPSA) is 99.4 Å². The number of benzene rings is 1. The highest BCUT2D eigenvalue weighted by Gasteiger charge is 2.11. The van der Waals surface area contributed by atoms with Crippen molar-refractivity contribution in [2.24, 2.45) is 15.4 Å². The van der Waals surface area contributed by atoms with Gasteiger partial charge in [-0.15, -0.1) is 21.6 Å². The molecule has 0 saturated carbocycles. The van der Waals surface area contributed by atoms with E-state index in [1.165, 1.54) is 11.3 Å². The maximum atomic E-state index is 11.8. The zero-order chi connectivity index (χ0) is 17.8. The first-order valence-electron chi connectivity index (χ1n) is 7.20. The summed E-state index contributed by atoms with van der Waals surface area (Å²) >= 11 is 4.88. The molecular formula is C16H13BrN4O3S. The zero-order valence-electron chi connectivity index (χ0n) is 13.1. The molecule has 0 unspecified atom stereocenters. The summed E-state index contributed by atoms with van der Waals surface area (Å²) in [6.07, 6.45) is 0. The maximum Gasteiger partial charge on any atom is 0.304 e. The summed E-state index contributed by atoms with van der Waals surface area (Å²) < 4.78 is 0.823. The monoisotopic (exact) mass is 420 g/mol. The van der Waals surface area contributed by atoms with Crippen LogP contribution >= 0.6 is 27.3 Å². The highest BCUT2D eigenvalue weighted by molar-refractivity contribution is 9.10. The number of aromatic amines is 1. The molecule has 3 aromatic rings. The molecule has 0 fully saturated rings. The van der Waals surface area contributed by atoms with Crippen molar-refractivity contribution in [1.82, 2.24) is 4.98 Å². The fourth-order valence-corrected chi connectivity index (χ4v) is 3.12. The van der Waals surface area contributed by atoms with E-state index in [-0.39, 0.29) is 18.2 Å². The summed E-state index contributed by atoms with van der Waals surface area (Å²) in [4.78, 5) is 20.5.